The van der Waals surface area contributed by atoms with Gasteiger partial charge in [0.05, 0.1) is 5.69 Å². The van der Waals surface area contributed by atoms with Crippen LogP contribution in [0.1, 0.15) is 35.9 Å². The molecule has 116 valence electrons. The quantitative estimate of drug-likeness (QED) is 0.890. The number of nitrogens with zero attached hydrogens (tertiary/aromatic N) is 2. The van der Waals surface area contributed by atoms with Crippen LogP contribution in [0.15, 0.2) is 36.4 Å². The van der Waals surface area contributed by atoms with Crippen molar-refractivity contribution in [1.29, 1.82) is 0 Å². The van der Waals surface area contributed by atoms with Crippen LogP contribution in [0, 0.1) is 6.92 Å². The SMILES string of the molecule is CCSC1(CNC(=O)c2cc(C)n(-c3ccccc3)n2)CC1. The third kappa shape index (κ3) is 3.19. The van der Waals surface area contributed by atoms with Crippen molar-refractivity contribution in [1.82, 2.24) is 15.1 Å². The van der Waals surface area contributed by atoms with Crippen molar-refractivity contribution in [3.05, 3.63) is 47.8 Å². The number of benzene rings is 1. The first-order chi connectivity index (χ1) is 10.6. The van der Waals surface area contributed by atoms with Gasteiger partial charge in [0.25, 0.3) is 5.91 Å². The number of aromatic nitrogens is 2. The second-order valence-corrected chi connectivity index (χ2v) is 7.45. The Hall–Kier alpha value is -1.75. The first kappa shape index (κ1) is 15.2. The lowest BCUT2D eigenvalue weighted by Crippen LogP contribution is -2.32. The maximum absolute atomic E-state index is 12.3. The van der Waals surface area contributed by atoms with E-state index >= 15 is 0 Å². The lowest BCUT2D eigenvalue weighted by atomic mass is 10.3. The average Bonchev–Trinajstić information content (AvgIpc) is 3.19. The second-order valence-electron chi connectivity index (χ2n) is 5.72. The van der Waals surface area contributed by atoms with Crippen molar-refractivity contribution >= 4 is 17.7 Å². The summed E-state index contributed by atoms with van der Waals surface area (Å²) in [6.45, 7) is 4.87. The van der Waals surface area contributed by atoms with Gasteiger partial charge in [0.1, 0.15) is 0 Å². The Kier molecular flexibility index (Phi) is 4.25. The van der Waals surface area contributed by atoms with Crippen LogP contribution >= 0.6 is 11.8 Å². The van der Waals surface area contributed by atoms with Gasteiger partial charge in [-0.15, -0.1) is 0 Å². The third-order valence-electron chi connectivity index (χ3n) is 3.95. The molecule has 1 aromatic carbocycles. The zero-order chi connectivity index (χ0) is 15.6. The van der Waals surface area contributed by atoms with Gasteiger partial charge in [0, 0.05) is 17.0 Å². The van der Waals surface area contributed by atoms with Crippen molar-refractivity contribution < 1.29 is 4.79 Å². The molecule has 0 bridgehead atoms. The van der Waals surface area contributed by atoms with E-state index in [1.54, 1.807) is 0 Å². The van der Waals surface area contributed by atoms with E-state index < -0.39 is 0 Å². The summed E-state index contributed by atoms with van der Waals surface area (Å²) in [5.41, 5.74) is 2.42. The Bertz CT molecular complexity index is 662. The summed E-state index contributed by atoms with van der Waals surface area (Å²) in [6.07, 6.45) is 2.40. The van der Waals surface area contributed by atoms with Crippen LogP contribution in [0.3, 0.4) is 0 Å². The van der Waals surface area contributed by atoms with Crippen molar-refractivity contribution in [2.24, 2.45) is 0 Å². The molecule has 1 amide bonds. The fraction of sp³-hybridized carbons (Fsp3) is 0.412. The topological polar surface area (TPSA) is 46.9 Å². The third-order valence-corrected chi connectivity index (χ3v) is 5.40. The van der Waals surface area contributed by atoms with Crippen molar-refractivity contribution in [2.75, 3.05) is 12.3 Å². The molecule has 0 spiro atoms. The summed E-state index contributed by atoms with van der Waals surface area (Å²) >= 11 is 1.95. The predicted molar refractivity (Wildman–Crippen MR) is 90.7 cm³/mol. The highest BCUT2D eigenvalue weighted by atomic mass is 32.2. The number of hydrogen-bond acceptors (Lipinski definition) is 3. The van der Waals surface area contributed by atoms with Gasteiger partial charge in [0.15, 0.2) is 5.69 Å². The van der Waals surface area contributed by atoms with E-state index in [1.807, 2.05) is 59.8 Å². The van der Waals surface area contributed by atoms with Crippen LogP contribution in [0.5, 0.6) is 0 Å². The van der Waals surface area contributed by atoms with Gasteiger partial charge in [-0.25, -0.2) is 4.68 Å². The molecule has 5 heteroatoms. The number of para-hydroxylation sites is 1. The standard InChI is InChI=1S/C17H21N3OS/c1-3-22-17(9-10-17)12-18-16(21)15-11-13(2)20(19-15)14-7-5-4-6-8-14/h4-8,11H,3,9-10,12H2,1-2H3,(H,18,21). The monoisotopic (exact) mass is 315 g/mol. The van der Waals surface area contributed by atoms with Crippen LogP contribution in [0.2, 0.25) is 0 Å². The predicted octanol–water partition coefficient (Wildman–Crippen LogP) is 3.20. The van der Waals surface area contributed by atoms with Gasteiger partial charge in [-0.3, -0.25) is 4.79 Å². The molecule has 2 aromatic rings. The smallest absolute Gasteiger partial charge is 0.271 e. The van der Waals surface area contributed by atoms with E-state index in [1.165, 1.54) is 12.8 Å². The highest BCUT2D eigenvalue weighted by Crippen LogP contribution is 2.47. The number of hydrogen-bond donors (Lipinski definition) is 1. The minimum Gasteiger partial charge on any atom is -0.349 e. The molecule has 4 nitrogen and oxygen atoms in total. The molecule has 1 aliphatic carbocycles. The number of carbonyl (C=O) groups excluding carboxylic acids is 1. The summed E-state index contributed by atoms with van der Waals surface area (Å²) in [5.74, 6) is 1.01. The van der Waals surface area contributed by atoms with E-state index in [9.17, 15) is 4.79 Å². The molecule has 1 heterocycles. The minimum absolute atomic E-state index is 0.0826. The molecule has 0 atom stereocenters. The number of amides is 1. The van der Waals surface area contributed by atoms with Crippen LogP contribution in [0.25, 0.3) is 5.69 Å². The lowest BCUT2D eigenvalue weighted by Gasteiger charge is -2.13. The molecule has 0 radical (unpaired) electrons. The van der Waals surface area contributed by atoms with Crippen molar-refractivity contribution in [2.45, 2.75) is 31.4 Å². The minimum atomic E-state index is -0.0826. The van der Waals surface area contributed by atoms with Gasteiger partial charge < -0.3 is 5.32 Å². The summed E-state index contributed by atoms with van der Waals surface area (Å²) in [4.78, 5) is 12.3. The average molecular weight is 315 g/mol. The zero-order valence-electron chi connectivity index (χ0n) is 13.0. The highest BCUT2D eigenvalue weighted by molar-refractivity contribution is 8.00. The number of nitrogens with one attached hydrogen (secondary N) is 1. The highest BCUT2D eigenvalue weighted by Gasteiger charge is 2.42. The number of thioether (sulfide) groups is 1. The van der Waals surface area contributed by atoms with Gasteiger partial charge in [-0.1, -0.05) is 25.1 Å². The number of rotatable bonds is 6. The Labute approximate surface area is 135 Å². The van der Waals surface area contributed by atoms with E-state index in [0.717, 1.165) is 23.7 Å². The van der Waals surface area contributed by atoms with Crippen LogP contribution in [0.4, 0.5) is 0 Å². The molecule has 1 saturated carbocycles. The fourth-order valence-electron chi connectivity index (χ4n) is 2.57. The summed E-state index contributed by atoms with van der Waals surface area (Å²) in [6, 6.07) is 11.7. The van der Waals surface area contributed by atoms with Crippen molar-refractivity contribution in [3.63, 3.8) is 0 Å². The largest absolute Gasteiger partial charge is 0.349 e. The number of carbonyl (C=O) groups is 1. The molecule has 1 fully saturated rings. The number of aryl methyl sites for hydroxylation is 1. The molecule has 3 rings (SSSR count). The van der Waals surface area contributed by atoms with Gasteiger partial charge in [-0.2, -0.15) is 16.9 Å². The molecule has 22 heavy (non-hydrogen) atoms. The molecule has 0 unspecified atom stereocenters. The van der Waals surface area contributed by atoms with Crippen LogP contribution < -0.4 is 5.32 Å². The molecular formula is C17H21N3OS. The first-order valence-corrected chi connectivity index (χ1v) is 8.66. The van der Waals surface area contributed by atoms with Gasteiger partial charge >= 0.3 is 0 Å². The molecule has 0 saturated heterocycles. The maximum Gasteiger partial charge on any atom is 0.271 e. The molecule has 1 aromatic heterocycles. The summed E-state index contributed by atoms with van der Waals surface area (Å²) < 4.78 is 2.09. The second kappa shape index (κ2) is 6.16. The molecule has 0 aliphatic heterocycles. The van der Waals surface area contributed by atoms with E-state index in [4.69, 9.17) is 0 Å². The van der Waals surface area contributed by atoms with E-state index in [2.05, 4.69) is 17.3 Å². The lowest BCUT2D eigenvalue weighted by molar-refractivity contribution is 0.0947. The maximum atomic E-state index is 12.3. The first-order valence-electron chi connectivity index (χ1n) is 7.68. The molecule has 1 N–H and O–H groups in total. The Morgan fingerprint density at radius 1 is 1.36 bits per heavy atom. The molecule has 1 aliphatic rings. The van der Waals surface area contributed by atoms with E-state index in [-0.39, 0.29) is 10.7 Å². The van der Waals surface area contributed by atoms with Crippen molar-refractivity contribution in [3.8, 4) is 5.69 Å². The Morgan fingerprint density at radius 2 is 2.09 bits per heavy atom. The van der Waals surface area contributed by atoms with Gasteiger partial charge in [0.2, 0.25) is 0 Å². The van der Waals surface area contributed by atoms with Gasteiger partial charge in [-0.05, 0) is 43.7 Å². The zero-order valence-corrected chi connectivity index (χ0v) is 13.8. The summed E-state index contributed by atoms with van der Waals surface area (Å²) in [5, 5.41) is 7.49. The fourth-order valence-corrected chi connectivity index (χ4v) is 3.74. The Balaban J connectivity index is 1.69. The van der Waals surface area contributed by atoms with Crippen LogP contribution in [-0.4, -0.2) is 32.7 Å². The van der Waals surface area contributed by atoms with Crippen LogP contribution in [-0.2, 0) is 0 Å². The van der Waals surface area contributed by atoms with E-state index in [0.29, 0.717) is 5.69 Å². The Morgan fingerprint density at radius 3 is 2.73 bits per heavy atom. The molecular weight excluding hydrogens is 294 g/mol. The normalized spacial score (nSPS) is 15.5. The summed E-state index contributed by atoms with van der Waals surface area (Å²) in [7, 11) is 0.